The molecule has 1 aromatic rings. The summed E-state index contributed by atoms with van der Waals surface area (Å²) in [7, 11) is 0. The molecule has 0 aliphatic carbocycles. The lowest BCUT2D eigenvalue weighted by atomic mass is 10.1. The summed E-state index contributed by atoms with van der Waals surface area (Å²) in [6, 6.07) is 0. The molecular weight excluding hydrogens is 322 g/mol. The quantitative estimate of drug-likeness (QED) is 0.770. The van der Waals surface area contributed by atoms with Crippen LogP contribution in [-0.2, 0) is 10.3 Å². The van der Waals surface area contributed by atoms with Crippen LogP contribution in [0.5, 0.6) is 0 Å². The van der Waals surface area contributed by atoms with Gasteiger partial charge in [0.2, 0.25) is 0 Å². The summed E-state index contributed by atoms with van der Waals surface area (Å²) in [6.07, 6.45) is 3.63. The molecule has 20 heavy (non-hydrogen) atoms. The van der Waals surface area contributed by atoms with Crippen molar-refractivity contribution in [2.45, 2.75) is 45.4 Å². The van der Waals surface area contributed by atoms with Crippen molar-refractivity contribution in [3.8, 4) is 0 Å². The van der Waals surface area contributed by atoms with Gasteiger partial charge in [-0.05, 0) is 27.7 Å². The van der Waals surface area contributed by atoms with E-state index in [1.54, 1.807) is 17.0 Å². The number of alkyl halides is 1. The van der Waals surface area contributed by atoms with Crippen LogP contribution in [-0.4, -0.2) is 40.2 Å². The smallest absolute Gasteiger partial charge is 0.293 e. The van der Waals surface area contributed by atoms with E-state index in [0.29, 0.717) is 18.9 Å². The molecule has 1 saturated heterocycles. The molecule has 2 unspecified atom stereocenters. The molecule has 0 radical (unpaired) electrons. The first-order valence-electron chi connectivity index (χ1n) is 6.87. The van der Waals surface area contributed by atoms with Crippen molar-refractivity contribution in [2.75, 3.05) is 23.3 Å². The molecule has 112 valence electrons. The first-order chi connectivity index (χ1) is 9.32. The molecule has 0 spiro atoms. The van der Waals surface area contributed by atoms with Crippen LogP contribution in [0.1, 0.15) is 27.7 Å². The van der Waals surface area contributed by atoms with E-state index < -0.39 is 0 Å². The van der Waals surface area contributed by atoms with Crippen molar-refractivity contribution in [1.29, 1.82) is 0 Å². The zero-order chi connectivity index (χ0) is 14.9. The van der Waals surface area contributed by atoms with E-state index in [0.717, 1.165) is 5.33 Å². The second-order valence-electron chi connectivity index (χ2n) is 6.22. The molecule has 5 nitrogen and oxygen atoms in total. The van der Waals surface area contributed by atoms with Crippen molar-refractivity contribution in [2.24, 2.45) is 0 Å². The monoisotopic (exact) mass is 343 g/mol. The molecule has 1 aliphatic heterocycles. The molecule has 0 saturated carbocycles. The highest BCUT2D eigenvalue weighted by Crippen LogP contribution is 2.18. The maximum absolute atomic E-state index is 12.6. The largest absolute Gasteiger partial charge is 0.371 e. The van der Waals surface area contributed by atoms with Gasteiger partial charge in [-0.15, -0.1) is 0 Å². The lowest BCUT2D eigenvalue weighted by Gasteiger charge is -2.37. The Kier molecular flexibility index (Phi) is 4.54. The van der Waals surface area contributed by atoms with Gasteiger partial charge in [-0.3, -0.25) is 4.79 Å². The maximum Gasteiger partial charge on any atom is 0.293 e. The highest BCUT2D eigenvalue weighted by molar-refractivity contribution is 9.09. The topological polar surface area (TPSA) is 47.4 Å². The molecule has 2 rings (SSSR count). The third-order valence-corrected chi connectivity index (χ3v) is 4.07. The van der Waals surface area contributed by atoms with Gasteiger partial charge >= 0.3 is 0 Å². The molecule has 0 bridgehead atoms. The maximum atomic E-state index is 12.6. The van der Waals surface area contributed by atoms with Crippen molar-refractivity contribution in [3.63, 3.8) is 0 Å². The molecular formula is C14H22BrN3O2. The Morgan fingerprint density at radius 3 is 2.75 bits per heavy atom. The number of hydrogen-bond donors (Lipinski definition) is 0. The zero-order valence-electron chi connectivity index (χ0n) is 12.5. The minimum Gasteiger partial charge on any atom is -0.371 e. The molecule has 0 N–H and O–H groups in total. The van der Waals surface area contributed by atoms with E-state index in [4.69, 9.17) is 4.74 Å². The van der Waals surface area contributed by atoms with Crippen molar-refractivity contribution in [3.05, 3.63) is 22.7 Å². The van der Waals surface area contributed by atoms with E-state index in [1.165, 1.54) is 0 Å². The number of aromatic nitrogens is 2. The van der Waals surface area contributed by atoms with Crippen molar-refractivity contribution >= 4 is 21.7 Å². The Morgan fingerprint density at radius 2 is 2.15 bits per heavy atom. The fraction of sp³-hybridized carbons (Fsp3) is 0.714. The normalized spacial score (nSPS) is 23.9. The zero-order valence-corrected chi connectivity index (χ0v) is 14.1. The van der Waals surface area contributed by atoms with E-state index in [9.17, 15) is 4.79 Å². The van der Waals surface area contributed by atoms with Crippen molar-refractivity contribution < 1.29 is 4.74 Å². The summed E-state index contributed by atoms with van der Waals surface area (Å²) in [6.45, 7) is 9.45. The van der Waals surface area contributed by atoms with Gasteiger partial charge in [0.05, 0.1) is 12.2 Å². The Hall–Kier alpha value is -0.880. The number of nitrogens with zero attached hydrogens (tertiary/aromatic N) is 3. The van der Waals surface area contributed by atoms with Gasteiger partial charge in [0.1, 0.15) is 0 Å². The van der Waals surface area contributed by atoms with Crippen molar-refractivity contribution in [1.82, 2.24) is 9.55 Å². The van der Waals surface area contributed by atoms with E-state index in [2.05, 4.69) is 20.9 Å². The van der Waals surface area contributed by atoms with Crippen LogP contribution in [0.2, 0.25) is 0 Å². The van der Waals surface area contributed by atoms with Crippen LogP contribution in [0.25, 0.3) is 0 Å². The molecule has 2 atom stereocenters. The minimum absolute atomic E-state index is 0.0394. The third kappa shape index (κ3) is 3.23. The van der Waals surface area contributed by atoms with Crippen LogP contribution < -0.4 is 10.5 Å². The fourth-order valence-corrected chi connectivity index (χ4v) is 2.81. The lowest BCUT2D eigenvalue weighted by Crippen LogP contribution is -2.50. The van der Waals surface area contributed by atoms with Gasteiger partial charge in [0.25, 0.3) is 5.56 Å². The molecule has 1 aliphatic rings. The van der Waals surface area contributed by atoms with Gasteiger partial charge in [-0.1, -0.05) is 15.9 Å². The summed E-state index contributed by atoms with van der Waals surface area (Å²) in [5.74, 6) is 0.517. The number of rotatable bonds is 2. The number of morpholine rings is 1. The molecule has 1 fully saturated rings. The Labute approximate surface area is 128 Å². The van der Waals surface area contributed by atoms with E-state index in [1.807, 2.05) is 32.6 Å². The SMILES string of the molecule is CC1CN(c2nccn(C(C)(C)C)c2=O)CC(CBr)O1. The first-order valence-corrected chi connectivity index (χ1v) is 7.99. The summed E-state index contributed by atoms with van der Waals surface area (Å²) < 4.78 is 7.53. The summed E-state index contributed by atoms with van der Waals surface area (Å²) in [4.78, 5) is 19.0. The average Bonchev–Trinajstić information content (AvgIpc) is 2.36. The standard InChI is InChI=1S/C14H22BrN3O2/c1-10-8-17(9-11(7-15)20-10)12-13(19)18(6-5-16-12)14(2,3)4/h5-6,10-11H,7-9H2,1-4H3. The minimum atomic E-state index is -0.249. The highest BCUT2D eigenvalue weighted by Gasteiger charge is 2.28. The number of anilines is 1. The Morgan fingerprint density at radius 1 is 1.45 bits per heavy atom. The van der Waals surface area contributed by atoms with Crippen LogP contribution in [0.15, 0.2) is 17.2 Å². The van der Waals surface area contributed by atoms with Crippen LogP contribution in [0, 0.1) is 0 Å². The molecule has 0 aromatic carbocycles. The van der Waals surface area contributed by atoms with Gasteiger partial charge < -0.3 is 14.2 Å². The Balaban J connectivity index is 2.36. The van der Waals surface area contributed by atoms with Gasteiger partial charge in [0.15, 0.2) is 5.82 Å². The van der Waals surface area contributed by atoms with E-state index >= 15 is 0 Å². The predicted octanol–water partition coefficient (Wildman–Crippen LogP) is 1.99. The average molecular weight is 344 g/mol. The number of ether oxygens (including phenoxy) is 1. The lowest BCUT2D eigenvalue weighted by molar-refractivity contribution is -0.00235. The molecule has 1 aromatic heterocycles. The summed E-state index contributed by atoms with van der Waals surface area (Å²) in [5, 5.41) is 0.758. The van der Waals surface area contributed by atoms with Crippen LogP contribution in [0.3, 0.4) is 0 Å². The third-order valence-electron chi connectivity index (χ3n) is 3.34. The summed E-state index contributed by atoms with van der Waals surface area (Å²) >= 11 is 3.45. The van der Waals surface area contributed by atoms with Gasteiger partial charge in [-0.2, -0.15) is 0 Å². The van der Waals surface area contributed by atoms with E-state index in [-0.39, 0.29) is 23.3 Å². The number of halogens is 1. The number of hydrogen-bond acceptors (Lipinski definition) is 4. The fourth-order valence-electron chi connectivity index (χ4n) is 2.45. The first kappa shape index (κ1) is 15.5. The second-order valence-corrected chi connectivity index (χ2v) is 6.87. The van der Waals surface area contributed by atoms with Gasteiger partial charge in [-0.25, -0.2) is 4.98 Å². The summed E-state index contributed by atoms with van der Waals surface area (Å²) in [5.41, 5.74) is -0.288. The second kappa shape index (κ2) is 5.85. The van der Waals surface area contributed by atoms with Crippen LogP contribution in [0.4, 0.5) is 5.82 Å². The van der Waals surface area contributed by atoms with Gasteiger partial charge in [0, 0.05) is 36.4 Å². The highest BCUT2D eigenvalue weighted by atomic mass is 79.9. The molecule has 0 amide bonds. The molecule has 6 heteroatoms. The molecule has 2 heterocycles. The Bertz CT molecular complexity index is 524. The predicted molar refractivity (Wildman–Crippen MR) is 83.8 cm³/mol. The van der Waals surface area contributed by atoms with Crippen LogP contribution >= 0.6 is 15.9 Å².